The molecule has 1 saturated heterocycles. The van der Waals surface area contributed by atoms with Gasteiger partial charge in [0.25, 0.3) is 5.56 Å². The Morgan fingerprint density at radius 2 is 2.00 bits per heavy atom. The van der Waals surface area contributed by atoms with Gasteiger partial charge < -0.3 is 9.88 Å². The van der Waals surface area contributed by atoms with Crippen molar-refractivity contribution in [1.29, 1.82) is 0 Å². The van der Waals surface area contributed by atoms with Crippen molar-refractivity contribution < 1.29 is 8.42 Å². The molecule has 6 nitrogen and oxygen atoms in total. The third-order valence-electron chi connectivity index (χ3n) is 2.42. The summed E-state index contributed by atoms with van der Waals surface area (Å²) < 4.78 is 22.8. The summed E-state index contributed by atoms with van der Waals surface area (Å²) in [5.41, 5.74) is -0.265. The standard InChI is InChI=1S/C8H10BrN3O3S/c9-6-7(10-5-11-8(6)13)12-1-3-16(14,15)4-2-12/h5H,1-4H2,(H,10,11,13). The molecule has 0 aromatic carbocycles. The summed E-state index contributed by atoms with van der Waals surface area (Å²) in [5.74, 6) is 0.709. The van der Waals surface area contributed by atoms with Crippen LogP contribution in [0.15, 0.2) is 15.6 Å². The maximum Gasteiger partial charge on any atom is 0.267 e. The predicted octanol–water partition coefficient (Wildman–Crippen LogP) is -0.233. The van der Waals surface area contributed by atoms with Gasteiger partial charge in [0.15, 0.2) is 9.84 Å². The molecule has 2 heterocycles. The van der Waals surface area contributed by atoms with E-state index in [0.29, 0.717) is 23.4 Å². The molecule has 0 atom stereocenters. The average Bonchev–Trinajstić information content (AvgIpc) is 2.23. The molecule has 16 heavy (non-hydrogen) atoms. The minimum atomic E-state index is -2.92. The molecule has 1 fully saturated rings. The molecule has 88 valence electrons. The number of hydrogen-bond acceptors (Lipinski definition) is 5. The number of aromatic amines is 1. The van der Waals surface area contributed by atoms with Gasteiger partial charge in [0.2, 0.25) is 0 Å². The van der Waals surface area contributed by atoms with Gasteiger partial charge in [0.1, 0.15) is 10.3 Å². The lowest BCUT2D eigenvalue weighted by molar-refractivity contribution is 0.586. The number of hydrogen-bond donors (Lipinski definition) is 1. The Morgan fingerprint density at radius 3 is 2.62 bits per heavy atom. The van der Waals surface area contributed by atoms with Gasteiger partial charge in [0, 0.05) is 13.1 Å². The number of anilines is 1. The van der Waals surface area contributed by atoms with Crippen LogP contribution in [-0.4, -0.2) is 43.0 Å². The lowest BCUT2D eigenvalue weighted by atomic mass is 10.4. The largest absolute Gasteiger partial charge is 0.353 e. The Morgan fingerprint density at radius 1 is 1.38 bits per heavy atom. The van der Waals surface area contributed by atoms with Crippen LogP contribution < -0.4 is 10.5 Å². The fourth-order valence-electron chi connectivity index (χ4n) is 1.52. The summed E-state index contributed by atoms with van der Waals surface area (Å²) in [4.78, 5) is 19.6. The van der Waals surface area contributed by atoms with Crippen LogP contribution in [0.3, 0.4) is 0 Å². The number of aromatic nitrogens is 2. The molecule has 1 aliphatic rings. The zero-order valence-electron chi connectivity index (χ0n) is 8.31. The van der Waals surface area contributed by atoms with E-state index in [0.717, 1.165) is 0 Å². The van der Waals surface area contributed by atoms with Crippen LogP contribution in [0.2, 0.25) is 0 Å². The summed E-state index contributed by atoms with van der Waals surface area (Å²) in [6.45, 7) is 0.745. The molecular formula is C8H10BrN3O3S. The van der Waals surface area contributed by atoms with Gasteiger partial charge in [-0.2, -0.15) is 0 Å². The first-order valence-electron chi connectivity index (χ1n) is 4.68. The van der Waals surface area contributed by atoms with Gasteiger partial charge in [-0.25, -0.2) is 13.4 Å². The SMILES string of the molecule is O=c1[nH]cnc(N2CCS(=O)(=O)CC2)c1Br. The Balaban J connectivity index is 2.27. The van der Waals surface area contributed by atoms with Crippen molar-refractivity contribution in [2.24, 2.45) is 0 Å². The van der Waals surface area contributed by atoms with Crippen molar-refractivity contribution in [3.8, 4) is 0 Å². The highest BCUT2D eigenvalue weighted by atomic mass is 79.9. The second kappa shape index (κ2) is 4.17. The van der Waals surface area contributed by atoms with Gasteiger partial charge in [-0.15, -0.1) is 0 Å². The molecule has 0 amide bonds. The topological polar surface area (TPSA) is 83.1 Å². The van der Waals surface area contributed by atoms with E-state index in [2.05, 4.69) is 25.9 Å². The van der Waals surface area contributed by atoms with Crippen LogP contribution in [0.1, 0.15) is 0 Å². The minimum Gasteiger partial charge on any atom is -0.353 e. The van der Waals surface area contributed by atoms with Gasteiger partial charge in [-0.3, -0.25) is 4.79 Å². The normalized spacial score (nSPS) is 19.7. The van der Waals surface area contributed by atoms with Crippen LogP contribution in [0.5, 0.6) is 0 Å². The number of rotatable bonds is 1. The Kier molecular flexibility index (Phi) is 3.02. The third-order valence-corrected chi connectivity index (χ3v) is 4.75. The molecule has 8 heteroatoms. The number of H-pyrrole nitrogens is 1. The van der Waals surface area contributed by atoms with Crippen LogP contribution in [0, 0.1) is 0 Å². The van der Waals surface area contributed by atoms with Crippen LogP contribution in [0.25, 0.3) is 0 Å². The highest BCUT2D eigenvalue weighted by molar-refractivity contribution is 9.10. The zero-order chi connectivity index (χ0) is 11.8. The Bertz CT molecular complexity index is 540. The Hall–Kier alpha value is -0.890. The number of sulfone groups is 1. The van der Waals surface area contributed by atoms with E-state index >= 15 is 0 Å². The van der Waals surface area contributed by atoms with Gasteiger partial charge >= 0.3 is 0 Å². The monoisotopic (exact) mass is 307 g/mol. The lowest BCUT2D eigenvalue weighted by Gasteiger charge is -2.27. The molecule has 1 aromatic rings. The van der Waals surface area contributed by atoms with E-state index in [1.165, 1.54) is 6.33 Å². The smallest absolute Gasteiger partial charge is 0.267 e. The molecule has 0 spiro atoms. The maximum atomic E-state index is 11.3. The molecule has 1 N–H and O–H groups in total. The van der Waals surface area contributed by atoms with E-state index in [1.54, 1.807) is 4.90 Å². The van der Waals surface area contributed by atoms with Crippen molar-refractivity contribution in [2.75, 3.05) is 29.5 Å². The van der Waals surface area contributed by atoms with Crippen molar-refractivity contribution >= 4 is 31.6 Å². The van der Waals surface area contributed by atoms with E-state index < -0.39 is 9.84 Å². The molecule has 0 saturated carbocycles. The van der Waals surface area contributed by atoms with Crippen LogP contribution in [0.4, 0.5) is 5.82 Å². The first kappa shape index (κ1) is 11.6. The van der Waals surface area contributed by atoms with E-state index in [4.69, 9.17) is 0 Å². The summed E-state index contributed by atoms with van der Waals surface area (Å²) in [5, 5.41) is 0. The van der Waals surface area contributed by atoms with Gasteiger partial charge in [-0.05, 0) is 15.9 Å². The molecule has 2 rings (SSSR count). The number of nitrogens with one attached hydrogen (secondary N) is 1. The molecule has 0 bridgehead atoms. The first-order chi connectivity index (χ1) is 7.49. The number of halogens is 1. The molecule has 0 radical (unpaired) electrons. The number of nitrogens with zero attached hydrogens (tertiary/aromatic N) is 2. The summed E-state index contributed by atoms with van der Waals surface area (Å²) in [6.07, 6.45) is 1.31. The summed E-state index contributed by atoms with van der Waals surface area (Å²) in [6, 6.07) is 0. The van der Waals surface area contributed by atoms with Crippen molar-refractivity contribution in [2.45, 2.75) is 0 Å². The van der Waals surface area contributed by atoms with Crippen molar-refractivity contribution in [3.05, 3.63) is 21.2 Å². The lowest BCUT2D eigenvalue weighted by Crippen LogP contribution is -2.41. The van der Waals surface area contributed by atoms with E-state index in [9.17, 15) is 13.2 Å². The fourth-order valence-corrected chi connectivity index (χ4v) is 3.19. The molecule has 1 aliphatic heterocycles. The third kappa shape index (κ3) is 2.27. The Labute approximate surface area is 101 Å². The van der Waals surface area contributed by atoms with E-state index in [-0.39, 0.29) is 17.1 Å². The molecule has 1 aromatic heterocycles. The fraction of sp³-hybridized carbons (Fsp3) is 0.500. The predicted molar refractivity (Wildman–Crippen MR) is 63.4 cm³/mol. The maximum absolute atomic E-state index is 11.3. The summed E-state index contributed by atoms with van der Waals surface area (Å²) in [7, 11) is -2.92. The highest BCUT2D eigenvalue weighted by Crippen LogP contribution is 2.20. The second-order valence-corrected chi connectivity index (χ2v) is 6.60. The quantitative estimate of drug-likeness (QED) is 0.775. The highest BCUT2D eigenvalue weighted by Gasteiger charge is 2.24. The van der Waals surface area contributed by atoms with E-state index in [1.807, 2.05) is 0 Å². The molecule has 0 unspecified atom stereocenters. The van der Waals surface area contributed by atoms with Crippen LogP contribution in [-0.2, 0) is 9.84 Å². The van der Waals surface area contributed by atoms with Crippen molar-refractivity contribution in [3.63, 3.8) is 0 Å². The van der Waals surface area contributed by atoms with Gasteiger partial charge in [-0.1, -0.05) is 0 Å². The minimum absolute atomic E-state index is 0.105. The second-order valence-electron chi connectivity index (χ2n) is 3.51. The first-order valence-corrected chi connectivity index (χ1v) is 7.29. The zero-order valence-corrected chi connectivity index (χ0v) is 10.7. The summed E-state index contributed by atoms with van der Waals surface area (Å²) >= 11 is 3.15. The van der Waals surface area contributed by atoms with Gasteiger partial charge in [0.05, 0.1) is 17.8 Å². The average molecular weight is 308 g/mol. The molecule has 0 aliphatic carbocycles. The van der Waals surface area contributed by atoms with Crippen molar-refractivity contribution in [1.82, 2.24) is 9.97 Å². The van der Waals surface area contributed by atoms with Crippen LogP contribution >= 0.6 is 15.9 Å². The molecular weight excluding hydrogens is 298 g/mol.